The Morgan fingerprint density at radius 1 is 1.37 bits per heavy atom. The van der Waals surface area contributed by atoms with E-state index in [4.69, 9.17) is 9.15 Å². The average molecular weight is 287 g/mol. The van der Waals surface area contributed by atoms with Crippen molar-refractivity contribution in [2.75, 3.05) is 6.26 Å². The van der Waals surface area contributed by atoms with Crippen LogP contribution in [-0.4, -0.2) is 28.1 Å². The fourth-order valence-corrected chi connectivity index (χ4v) is 1.67. The van der Waals surface area contributed by atoms with Crippen molar-refractivity contribution in [3.05, 3.63) is 5.89 Å². The maximum absolute atomic E-state index is 11.8. The van der Waals surface area contributed by atoms with Crippen molar-refractivity contribution >= 4 is 17.9 Å². The van der Waals surface area contributed by atoms with Crippen LogP contribution in [0, 0.1) is 5.92 Å². The van der Waals surface area contributed by atoms with Crippen LogP contribution in [0.5, 0.6) is 0 Å². The highest BCUT2D eigenvalue weighted by Crippen LogP contribution is 2.23. The highest BCUT2D eigenvalue weighted by molar-refractivity contribution is 7.98. The number of aromatic nitrogens is 2. The van der Waals surface area contributed by atoms with Crippen LogP contribution in [0.4, 0.5) is 4.79 Å². The van der Waals surface area contributed by atoms with Gasteiger partial charge in [-0.2, -0.15) is 0 Å². The second-order valence-electron chi connectivity index (χ2n) is 5.48. The molecule has 1 N–H and O–H groups in total. The largest absolute Gasteiger partial charge is 0.444 e. The fourth-order valence-electron chi connectivity index (χ4n) is 1.38. The lowest BCUT2D eigenvalue weighted by molar-refractivity contribution is 0.0477. The van der Waals surface area contributed by atoms with E-state index in [-0.39, 0.29) is 12.0 Å². The molecule has 108 valence electrons. The summed E-state index contributed by atoms with van der Waals surface area (Å²) in [5, 5.41) is 11.1. The van der Waals surface area contributed by atoms with E-state index >= 15 is 0 Å². The Morgan fingerprint density at radius 2 is 2.00 bits per heavy atom. The Labute approximate surface area is 117 Å². The summed E-state index contributed by atoms with van der Waals surface area (Å²) in [7, 11) is 0. The second-order valence-corrected chi connectivity index (χ2v) is 6.24. The quantitative estimate of drug-likeness (QED) is 0.858. The molecule has 1 amide bonds. The van der Waals surface area contributed by atoms with Crippen LogP contribution in [0.25, 0.3) is 0 Å². The SMILES string of the molecule is CSc1nnc([C@@H](NC(=O)OC(C)(C)C)C(C)C)o1. The van der Waals surface area contributed by atoms with Crippen molar-refractivity contribution in [1.82, 2.24) is 15.5 Å². The number of rotatable bonds is 4. The summed E-state index contributed by atoms with van der Waals surface area (Å²) in [5.41, 5.74) is -0.537. The molecule has 0 fully saturated rings. The predicted octanol–water partition coefficient (Wildman–Crippen LogP) is 3.01. The molecule has 1 atom stereocenters. The molecule has 0 saturated heterocycles. The average Bonchev–Trinajstić information content (AvgIpc) is 2.71. The van der Waals surface area contributed by atoms with Crippen molar-refractivity contribution in [3.63, 3.8) is 0 Å². The maximum atomic E-state index is 11.8. The van der Waals surface area contributed by atoms with Crippen LogP contribution in [0.15, 0.2) is 9.64 Å². The molecular weight excluding hydrogens is 266 g/mol. The molecule has 0 bridgehead atoms. The molecule has 0 aliphatic heterocycles. The molecular formula is C12H21N3O3S. The molecule has 7 heteroatoms. The number of amides is 1. The number of nitrogens with one attached hydrogen (secondary N) is 1. The zero-order valence-electron chi connectivity index (χ0n) is 12.2. The van der Waals surface area contributed by atoms with Gasteiger partial charge in [-0.3, -0.25) is 0 Å². The van der Waals surface area contributed by atoms with Gasteiger partial charge in [-0.1, -0.05) is 25.6 Å². The molecule has 0 aliphatic rings. The number of thioether (sulfide) groups is 1. The first-order valence-corrected chi connectivity index (χ1v) is 7.32. The van der Waals surface area contributed by atoms with Gasteiger partial charge >= 0.3 is 6.09 Å². The molecule has 1 aromatic rings. The van der Waals surface area contributed by atoms with Crippen LogP contribution in [0.2, 0.25) is 0 Å². The van der Waals surface area contributed by atoms with Crippen molar-refractivity contribution in [3.8, 4) is 0 Å². The first kappa shape index (κ1) is 15.8. The van der Waals surface area contributed by atoms with Gasteiger partial charge in [0.1, 0.15) is 11.6 Å². The van der Waals surface area contributed by atoms with Gasteiger partial charge in [0.25, 0.3) is 5.22 Å². The minimum atomic E-state index is -0.537. The lowest BCUT2D eigenvalue weighted by atomic mass is 10.1. The van der Waals surface area contributed by atoms with Gasteiger partial charge in [0.05, 0.1) is 0 Å². The van der Waals surface area contributed by atoms with Gasteiger partial charge in [-0.15, -0.1) is 10.2 Å². The second kappa shape index (κ2) is 6.27. The van der Waals surface area contributed by atoms with Gasteiger partial charge in [0, 0.05) is 0 Å². The predicted molar refractivity (Wildman–Crippen MR) is 73.0 cm³/mol. The molecule has 0 radical (unpaired) electrons. The standard InChI is InChI=1S/C12H21N3O3S/c1-7(2)8(9-14-15-11(17-9)19-6)13-10(16)18-12(3,4)5/h7-8H,1-6H3,(H,13,16)/t8-/m0/s1. The summed E-state index contributed by atoms with van der Waals surface area (Å²) in [6, 6.07) is -0.358. The Hall–Kier alpha value is -1.24. The van der Waals surface area contributed by atoms with Crippen LogP contribution < -0.4 is 5.32 Å². The van der Waals surface area contributed by atoms with Crippen molar-refractivity contribution in [2.45, 2.75) is 51.5 Å². The highest BCUT2D eigenvalue weighted by atomic mass is 32.2. The summed E-state index contributed by atoms with van der Waals surface area (Å²) in [6.07, 6.45) is 1.36. The van der Waals surface area contributed by atoms with E-state index < -0.39 is 11.7 Å². The molecule has 0 unspecified atom stereocenters. The van der Waals surface area contributed by atoms with E-state index in [2.05, 4.69) is 15.5 Å². The molecule has 0 aromatic carbocycles. The zero-order chi connectivity index (χ0) is 14.6. The molecule has 0 aliphatic carbocycles. The van der Waals surface area contributed by atoms with Gasteiger partial charge in [0.2, 0.25) is 5.89 Å². The van der Waals surface area contributed by atoms with Crippen LogP contribution in [-0.2, 0) is 4.74 Å². The minimum Gasteiger partial charge on any atom is -0.444 e. The van der Waals surface area contributed by atoms with Gasteiger partial charge < -0.3 is 14.5 Å². The van der Waals surface area contributed by atoms with Crippen LogP contribution in [0.1, 0.15) is 46.6 Å². The summed E-state index contributed by atoms with van der Waals surface area (Å²) < 4.78 is 10.7. The van der Waals surface area contributed by atoms with Gasteiger partial charge in [-0.05, 0) is 32.9 Å². The van der Waals surface area contributed by atoms with Crippen molar-refractivity contribution in [1.29, 1.82) is 0 Å². The normalized spacial score (nSPS) is 13.4. The number of carbonyl (C=O) groups excluding carboxylic acids is 1. The Morgan fingerprint density at radius 3 is 2.42 bits per heavy atom. The van der Waals surface area contributed by atoms with E-state index in [1.165, 1.54) is 11.8 Å². The van der Waals surface area contributed by atoms with E-state index in [1.807, 2.05) is 40.9 Å². The van der Waals surface area contributed by atoms with Crippen molar-refractivity contribution < 1.29 is 13.9 Å². The zero-order valence-corrected chi connectivity index (χ0v) is 13.0. The molecule has 19 heavy (non-hydrogen) atoms. The lowest BCUT2D eigenvalue weighted by Gasteiger charge is -2.23. The summed E-state index contributed by atoms with van der Waals surface area (Å²) in [6.45, 7) is 9.37. The third-order valence-corrected chi connectivity index (χ3v) is 2.72. The van der Waals surface area contributed by atoms with E-state index in [0.717, 1.165) is 0 Å². The molecule has 0 spiro atoms. The highest BCUT2D eigenvalue weighted by Gasteiger charge is 2.26. The molecule has 1 rings (SSSR count). The number of hydrogen-bond acceptors (Lipinski definition) is 6. The number of hydrogen-bond donors (Lipinski definition) is 1. The van der Waals surface area contributed by atoms with E-state index in [0.29, 0.717) is 11.1 Å². The molecule has 0 saturated carbocycles. The summed E-state index contributed by atoms with van der Waals surface area (Å²) >= 11 is 1.36. The number of alkyl carbamates (subject to hydrolysis) is 1. The molecule has 1 heterocycles. The van der Waals surface area contributed by atoms with Gasteiger partial charge in [0.15, 0.2) is 0 Å². The van der Waals surface area contributed by atoms with Crippen LogP contribution in [0.3, 0.4) is 0 Å². The smallest absolute Gasteiger partial charge is 0.408 e. The fraction of sp³-hybridized carbons (Fsp3) is 0.750. The summed E-state index contributed by atoms with van der Waals surface area (Å²) in [4.78, 5) is 11.8. The lowest BCUT2D eigenvalue weighted by Crippen LogP contribution is -2.37. The summed E-state index contributed by atoms with van der Waals surface area (Å²) in [5.74, 6) is 0.507. The third kappa shape index (κ3) is 5.10. The van der Waals surface area contributed by atoms with Crippen LogP contribution >= 0.6 is 11.8 Å². The first-order chi connectivity index (χ1) is 8.73. The topological polar surface area (TPSA) is 77.2 Å². The van der Waals surface area contributed by atoms with Gasteiger partial charge in [-0.25, -0.2) is 4.79 Å². The minimum absolute atomic E-state index is 0.114. The first-order valence-electron chi connectivity index (χ1n) is 6.10. The maximum Gasteiger partial charge on any atom is 0.408 e. The number of carbonyl (C=O) groups is 1. The Bertz CT molecular complexity index is 426. The Kier molecular flexibility index (Phi) is 5.22. The van der Waals surface area contributed by atoms with E-state index in [1.54, 1.807) is 0 Å². The molecule has 1 aromatic heterocycles. The van der Waals surface area contributed by atoms with Crippen molar-refractivity contribution in [2.24, 2.45) is 5.92 Å². The van der Waals surface area contributed by atoms with E-state index in [9.17, 15) is 4.79 Å². The number of ether oxygens (including phenoxy) is 1. The number of nitrogens with zero attached hydrogens (tertiary/aromatic N) is 2. The monoisotopic (exact) mass is 287 g/mol. The molecule has 6 nitrogen and oxygen atoms in total. The Balaban J connectivity index is 2.76. The third-order valence-electron chi connectivity index (χ3n) is 2.20.